The average molecular weight is 463 g/mol. The Balaban J connectivity index is 1.58. The molecular weight excluding hydrogens is 440 g/mol. The third kappa shape index (κ3) is 4.63. The number of azo groups is 1. The summed E-state index contributed by atoms with van der Waals surface area (Å²) in [6.07, 6.45) is 1.14. The molecule has 0 saturated carbocycles. The van der Waals surface area contributed by atoms with Crippen LogP contribution in [0.15, 0.2) is 89.1 Å². The Kier molecular flexibility index (Phi) is 5.97. The van der Waals surface area contributed by atoms with Gasteiger partial charge >= 0.3 is 0 Å². The molecule has 0 atom stereocenters. The molecule has 8 nitrogen and oxygen atoms in total. The van der Waals surface area contributed by atoms with Crippen molar-refractivity contribution in [3.63, 3.8) is 0 Å². The maximum absolute atomic E-state index is 12.6. The number of fused-ring (bicyclic) bond motifs is 1. The van der Waals surface area contributed by atoms with Gasteiger partial charge in [-0.1, -0.05) is 48.5 Å². The van der Waals surface area contributed by atoms with Crippen molar-refractivity contribution in [3.8, 4) is 5.88 Å². The first kappa shape index (κ1) is 22.2. The van der Waals surface area contributed by atoms with Gasteiger partial charge in [-0.2, -0.15) is 0 Å². The molecule has 33 heavy (non-hydrogen) atoms. The minimum Gasteiger partial charge on any atom is -0.493 e. The van der Waals surface area contributed by atoms with Crippen LogP contribution in [0.25, 0.3) is 10.9 Å². The fraction of sp³-hybridized carbons (Fsp3) is 0.125. The largest absolute Gasteiger partial charge is 0.493 e. The summed E-state index contributed by atoms with van der Waals surface area (Å²) in [5.41, 5.74) is 2.49. The molecule has 0 aliphatic carbocycles. The maximum atomic E-state index is 12.6. The monoisotopic (exact) mass is 462 g/mol. The van der Waals surface area contributed by atoms with E-state index in [1.165, 1.54) is 16.4 Å². The number of amides is 1. The number of rotatable bonds is 6. The van der Waals surface area contributed by atoms with Crippen molar-refractivity contribution in [1.82, 2.24) is 4.57 Å². The van der Waals surface area contributed by atoms with Crippen LogP contribution in [0.4, 0.5) is 11.4 Å². The van der Waals surface area contributed by atoms with Gasteiger partial charge in [0.25, 0.3) is 5.91 Å². The molecule has 1 heterocycles. The summed E-state index contributed by atoms with van der Waals surface area (Å²) in [5, 5.41) is 18.8. The lowest BCUT2D eigenvalue weighted by Crippen LogP contribution is -2.29. The molecule has 0 unspecified atom stereocenters. The van der Waals surface area contributed by atoms with Crippen molar-refractivity contribution < 1.29 is 18.3 Å². The van der Waals surface area contributed by atoms with Gasteiger partial charge in [-0.25, -0.2) is 8.42 Å². The Morgan fingerprint density at radius 1 is 0.970 bits per heavy atom. The van der Waals surface area contributed by atoms with Gasteiger partial charge in [0.05, 0.1) is 24.0 Å². The number of hydrogen-bond donors (Lipinski definition) is 1. The predicted octanol–water partition coefficient (Wildman–Crippen LogP) is 4.77. The molecule has 4 aromatic rings. The van der Waals surface area contributed by atoms with Gasteiger partial charge in [0.1, 0.15) is 0 Å². The zero-order valence-electron chi connectivity index (χ0n) is 18.1. The third-order valence-corrected chi connectivity index (χ3v) is 6.40. The van der Waals surface area contributed by atoms with Crippen LogP contribution >= 0.6 is 0 Å². The van der Waals surface area contributed by atoms with Crippen LogP contribution in [0, 0.1) is 0 Å². The summed E-state index contributed by atoms with van der Waals surface area (Å²) in [5.74, 6) is -0.698. The first-order valence-electron chi connectivity index (χ1n) is 10.1. The third-order valence-electron chi connectivity index (χ3n) is 5.26. The molecule has 9 heteroatoms. The Bertz CT molecular complexity index is 1440. The predicted molar refractivity (Wildman–Crippen MR) is 127 cm³/mol. The quantitative estimate of drug-likeness (QED) is 0.417. The number of carbonyl (C=O) groups is 1. The highest BCUT2D eigenvalue weighted by Crippen LogP contribution is 2.37. The van der Waals surface area contributed by atoms with Crippen molar-refractivity contribution in [2.24, 2.45) is 17.3 Å². The molecule has 0 saturated heterocycles. The van der Waals surface area contributed by atoms with Crippen LogP contribution < -0.4 is 4.31 Å². The van der Waals surface area contributed by atoms with E-state index >= 15 is 0 Å². The van der Waals surface area contributed by atoms with Gasteiger partial charge in [0.2, 0.25) is 15.9 Å². The van der Waals surface area contributed by atoms with Crippen LogP contribution in [0.2, 0.25) is 0 Å². The summed E-state index contributed by atoms with van der Waals surface area (Å²) < 4.78 is 27.5. The molecule has 0 aliphatic heterocycles. The molecule has 1 aromatic heterocycles. The number of para-hydroxylation sites is 1. The SMILES string of the molecule is Cn1c(O)c(N=NC(=O)c2ccc(N(Cc3ccccc3)S(C)(=O)=O)cc2)c2ccccc21. The normalized spacial score (nSPS) is 11.8. The number of benzene rings is 3. The molecule has 4 rings (SSSR count). The Labute approximate surface area is 191 Å². The second-order valence-corrected chi connectivity index (χ2v) is 9.46. The highest BCUT2D eigenvalue weighted by molar-refractivity contribution is 7.92. The van der Waals surface area contributed by atoms with Crippen molar-refractivity contribution in [2.45, 2.75) is 6.54 Å². The van der Waals surface area contributed by atoms with Crippen LogP contribution in [-0.4, -0.2) is 30.3 Å². The van der Waals surface area contributed by atoms with E-state index in [9.17, 15) is 18.3 Å². The lowest BCUT2D eigenvalue weighted by Gasteiger charge is -2.22. The van der Waals surface area contributed by atoms with E-state index in [2.05, 4.69) is 10.2 Å². The van der Waals surface area contributed by atoms with Crippen LogP contribution in [0.5, 0.6) is 5.88 Å². The lowest BCUT2D eigenvalue weighted by atomic mass is 10.2. The fourth-order valence-electron chi connectivity index (χ4n) is 3.53. The highest BCUT2D eigenvalue weighted by Gasteiger charge is 2.19. The van der Waals surface area contributed by atoms with Crippen molar-refractivity contribution in [2.75, 3.05) is 10.6 Å². The summed E-state index contributed by atoms with van der Waals surface area (Å²) in [4.78, 5) is 12.6. The van der Waals surface area contributed by atoms with E-state index in [1.54, 1.807) is 29.8 Å². The molecule has 1 N–H and O–H groups in total. The van der Waals surface area contributed by atoms with E-state index in [-0.39, 0.29) is 23.7 Å². The number of aryl methyl sites for hydroxylation is 1. The zero-order valence-corrected chi connectivity index (χ0v) is 18.9. The number of hydrogen-bond acceptors (Lipinski definition) is 5. The molecule has 0 fully saturated rings. The number of aromatic nitrogens is 1. The lowest BCUT2D eigenvalue weighted by molar-refractivity contribution is 0.0995. The fourth-order valence-corrected chi connectivity index (χ4v) is 4.42. The first-order valence-corrected chi connectivity index (χ1v) is 11.9. The molecule has 3 aromatic carbocycles. The van der Waals surface area contributed by atoms with Gasteiger partial charge in [-0.3, -0.25) is 9.10 Å². The Hall–Kier alpha value is -3.98. The van der Waals surface area contributed by atoms with E-state index in [1.807, 2.05) is 48.5 Å². The summed E-state index contributed by atoms with van der Waals surface area (Å²) >= 11 is 0. The summed E-state index contributed by atoms with van der Waals surface area (Å²) in [6.45, 7) is 0.174. The number of nitrogens with zero attached hydrogens (tertiary/aromatic N) is 4. The molecular formula is C24H22N4O4S. The molecule has 0 bridgehead atoms. The van der Waals surface area contributed by atoms with Gasteiger partial charge in [-0.05, 0) is 35.9 Å². The van der Waals surface area contributed by atoms with Crippen LogP contribution in [-0.2, 0) is 23.6 Å². The summed E-state index contributed by atoms with van der Waals surface area (Å²) in [7, 11) is -1.85. The number of sulfonamides is 1. The summed E-state index contributed by atoms with van der Waals surface area (Å²) in [6, 6.07) is 22.6. The second-order valence-electron chi connectivity index (χ2n) is 7.56. The zero-order chi connectivity index (χ0) is 23.6. The molecule has 0 aliphatic rings. The van der Waals surface area contributed by atoms with Crippen molar-refractivity contribution in [1.29, 1.82) is 0 Å². The topological polar surface area (TPSA) is 104 Å². The van der Waals surface area contributed by atoms with Crippen LogP contribution in [0.3, 0.4) is 0 Å². The minimum absolute atomic E-state index is 0.0900. The van der Waals surface area contributed by atoms with Gasteiger partial charge in [0, 0.05) is 18.0 Å². The van der Waals surface area contributed by atoms with Gasteiger partial charge in [0.15, 0.2) is 5.69 Å². The average Bonchev–Trinajstić information content (AvgIpc) is 3.06. The minimum atomic E-state index is -3.54. The molecule has 168 valence electrons. The van der Waals surface area contributed by atoms with Gasteiger partial charge in [-0.15, -0.1) is 10.2 Å². The first-order chi connectivity index (χ1) is 15.8. The second kappa shape index (κ2) is 8.87. The maximum Gasteiger partial charge on any atom is 0.295 e. The standard InChI is InChI=1S/C24H22N4O4S/c1-27-21-11-7-6-10-20(21)22(24(27)30)25-26-23(29)18-12-14-19(15-13-18)28(33(2,31)32)16-17-8-4-3-5-9-17/h3-15,30H,16H2,1-2H3. The molecule has 1 amide bonds. The van der Waals surface area contributed by atoms with E-state index in [0.29, 0.717) is 11.1 Å². The van der Waals surface area contributed by atoms with Crippen molar-refractivity contribution in [3.05, 3.63) is 90.0 Å². The smallest absolute Gasteiger partial charge is 0.295 e. The number of anilines is 1. The number of carbonyl (C=O) groups excluding carboxylic acids is 1. The molecule has 0 spiro atoms. The highest BCUT2D eigenvalue weighted by atomic mass is 32.2. The van der Waals surface area contributed by atoms with Gasteiger partial charge < -0.3 is 9.67 Å². The van der Waals surface area contributed by atoms with E-state index in [4.69, 9.17) is 0 Å². The number of aromatic hydroxyl groups is 1. The molecule has 0 radical (unpaired) electrons. The van der Waals surface area contributed by atoms with E-state index in [0.717, 1.165) is 17.3 Å². The van der Waals surface area contributed by atoms with Crippen molar-refractivity contribution >= 4 is 38.2 Å². The Morgan fingerprint density at radius 3 is 2.27 bits per heavy atom. The van der Waals surface area contributed by atoms with Crippen LogP contribution in [0.1, 0.15) is 15.9 Å². The van der Waals surface area contributed by atoms with E-state index < -0.39 is 15.9 Å². The Morgan fingerprint density at radius 2 is 1.61 bits per heavy atom.